The Kier molecular flexibility index (Phi) is 3.09. The Hall–Kier alpha value is -1.14. The quantitative estimate of drug-likeness (QED) is 0.872. The highest BCUT2D eigenvalue weighted by molar-refractivity contribution is 7.91. The first kappa shape index (κ1) is 12.3. The van der Waals surface area contributed by atoms with Crippen molar-refractivity contribution < 1.29 is 8.42 Å². The molecule has 17 heavy (non-hydrogen) atoms. The zero-order valence-corrected chi connectivity index (χ0v) is 11.4. The molecule has 1 heterocycles. The number of sulfone groups is 1. The summed E-state index contributed by atoms with van der Waals surface area (Å²) in [7, 11) is -3.24. The number of nitrogens with zero attached hydrogens (tertiary/aromatic N) is 1. The van der Waals surface area contributed by atoms with Gasteiger partial charge < -0.3 is 9.55 Å². The zero-order valence-electron chi connectivity index (χ0n) is 9.73. The summed E-state index contributed by atoms with van der Waals surface area (Å²) in [6.07, 6.45) is 2.15. The molecule has 0 saturated heterocycles. The van der Waals surface area contributed by atoms with Crippen LogP contribution in [0.15, 0.2) is 23.1 Å². The number of imidazole rings is 1. The highest BCUT2D eigenvalue weighted by Crippen LogP contribution is 2.22. The monoisotopic (exact) mass is 270 g/mol. The number of nitrogens with one attached hydrogen (secondary N) is 1. The number of aryl methyl sites for hydroxylation is 1. The van der Waals surface area contributed by atoms with Crippen molar-refractivity contribution in [3.8, 4) is 0 Å². The van der Waals surface area contributed by atoms with Crippen LogP contribution in [-0.4, -0.2) is 24.2 Å². The highest BCUT2D eigenvalue weighted by Gasteiger charge is 2.14. The van der Waals surface area contributed by atoms with E-state index >= 15 is 0 Å². The molecule has 0 fully saturated rings. The van der Waals surface area contributed by atoms with E-state index in [0.717, 1.165) is 18.5 Å². The Bertz CT molecular complexity index is 711. The van der Waals surface area contributed by atoms with Crippen molar-refractivity contribution in [3.63, 3.8) is 0 Å². The molecule has 0 bridgehead atoms. The topological polar surface area (TPSA) is 54.9 Å². The minimum absolute atomic E-state index is 0.302. The average Bonchev–Trinajstić information content (AvgIpc) is 2.54. The van der Waals surface area contributed by atoms with Gasteiger partial charge in [0.15, 0.2) is 14.6 Å². The van der Waals surface area contributed by atoms with Gasteiger partial charge in [-0.05, 0) is 30.8 Å². The predicted molar refractivity (Wildman–Crippen MR) is 70.5 cm³/mol. The molecule has 0 spiro atoms. The Labute approximate surface area is 105 Å². The van der Waals surface area contributed by atoms with Crippen molar-refractivity contribution in [3.05, 3.63) is 23.0 Å². The molecule has 0 atom stereocenters. The van der Waals surface area contributed by atoms with Crippen LogP contribution in [0.2, 0.25) is 0 Å². The Morgan fingerprint density at radius 2 is 2.12 bits per heavy atom. The van der Waals surface area contributed by atoms with Gasteiger partial charge in [0, 0.05) is 12.8 Å². The number of aromatic amines is 1. The zero-order chi connectivity index (χ0) is 12.6. The third-order valence-corrected chi connectivity index (χ3v) is 4.08. The Balaban J connectivity index is 2.85. The SMILES string of the molecule is CCCn1c(=S)[nH]c2c(S(C)(=O)=O)cccc21. The number of aromatic nitrogens is 2. The lowest BCUT2D eigenvalue weighted by Gasteiger charge is -2.03. The Morgan fingerprint density at radius 1 is 1.41 bits per heavy atom. The second-order valence-electron chi connectivity index (χ2n) is 4.00. The van der Waals surface area contributed by atoms with Gasteiger partial charge in [0.25, 0.3) is 0 Å². The Morgan fingerprint density at radius 3 is 2.71 bits per heavy atom. The number of para-hydroxylation sites is 1. The molecule has 4 nitrogen and oxygen atoms in total. The van der Waals surface area contributed by atoms with Crippen LogP contribution in [0.25, 0.3) is 11.0 Å². The molecule has 1 aromatic heterocycles. The number of hydrogen-bond donors (Lipinski definition) is 1. The second-order valence-corrected chi connectivity index (χ2v) is 6.38. The molecule has 1 N–H and O–H groups in total. The van der Waals surface area contributed by atoms with E-state index in [1.807, 2.05) is 10.6 Å². The van der Waals surface area contributed by atoms with Crippen LogP contribution in [0.1, 0.15) is 13.3 Å². The summed E-state index contributed by atoms with van der Waals surface area (Å²) < 4.78 is 25.8. The molecule has 0 aliphatic rings. The lowest BCUT2D eigenvalue weighted by molar-refractivity contribution is 0.602. The molecule has 0 radical (unpaired) electrons. The van der Waals surface area contributed by atoms with E-state index < -0.39 is 9.84 Å². The lowest BCUT2D eigenvalue weighted by Crippen LogP contribution is -1.99. The molecule has 2 rings (SSSR count). The molecule has 2 aromatic rings. The average molecular weight is 270 g/mol. The molecule has 0 saturated carbocycles. The fraction of sp³-hybridized carbons (Fsp3) is 0.364. The smallest absolute Gasteiger partial charge is 0.178 e. The maximum atomic E-state index is 11.7. The van der Waals surface area contributed by atoms with Crippen molar-refractivity contribution in [2.75, 3.05) is 6.26 Å². The summed E-state index contributed by atoms with van der Waals surface area (Å²) in [5, 5.41) is 0. The molecular formula is C11H14N2O2S2. The highest BCUT2D eigenvalue weighted by atomic mass is 32.2. The van der Waals surface area contributed by atoms with E-state index in [1.165, 1.54) is 6.26 Å². The van der Waals surface area contributed by atoms with Crippen molar-refractivity contribution in [2.24, 2.45) is 0 Å². The first-order chi connectivity index (χ1) is 7.95. The van der Waals surface area contributed by atoms with Gasteiger partial charge in [-0.15, -0.1) is 0 Å². The number of hydrogen-bond acceptors (Lipinski definition) is 3. The van der Waals surface area contributed by atoms with E-state index in [-0.39, 0.29) is 0 Å². The lowest BCUT2D eigenvalue weighted by atomic mass is 10.3. The summed E-state index contributed by atoms with van der Waals surface area (Å²) in [5.74, 6) is 0. The van der Waals surface area contributed by atoms with Crippen LogP contribution in [0.5, 0.6) is 0 Å². The second kappa shape index (κ2) is 4.27. The maximum Gasteiger partial charge on any atom is 0.178 e. The number of rotatable bonds is 3. The van der Waals surface area contributed by atoms with Crippen LogP contribution in [0, 0.1) is 4.77 Å². The van der Waals surface area contributed by atoms with Crippen LogP contribution in [-0.2, 0) is 16.4 Å². The van der Waals surface area contributed by atoms with E-state index in [0.29, 0.717) is 15.2 Å². The summed E-state index contributed by atoms with van der Waals surface area (Å²) >= 11 is 5.21. The molecule has 6 heteroatoms. The maximum absolute atomic E-state index is 11.7. The number of benzene rings is 1. The number of fused-ring (bicyclic) bond motifs is 1. The van der Waals surface area contributed by atoms with Crippen LogP contribution in [0.3, 0.4) is 0 Å². The molecular weight excluding hydrogens is 256 g/mol. The molecule has 0 aliphatic carbocycles. The number of H-pyrrole nitrogens is 1. The first-order valence-corrected chi connectivity index (χ1v) is 7.66. The third kappa shape index (κ3) is 2.14. The van der Waals surface area contributed by atoms with Gasteiger partial charge in [0.05, 0.1) is 15.9 Å². The molecule has 0 aliphatic heterocycles. The van der Waals surface area contributed by atoms with Gasteiger partial charge in [0.1, 0.15) is 0 Å². The van der Waals surface area contributed by atoms with Gasteiger partial charge in [0.2, 0.25) is 0 Å². The van der Waals surface area contributed by atoms with E-state index in [4.69, 9.17) is 12.2 Å². The van der Waals surface area contributed by atoms with E-state index in [9.17, 15) is 8.42 Å². The summed E-state index contributed by atoms with van der Waals surface area (Å²) in [6, 6.07) is 5.22. The molecule has 0 unspecified atom stereocenters. The van der Waals surface area contributed by atoms with Crippen LogP contribution >= 0.6 is 12.2 Å². The standard InChI is InChI=1S/C11H14N2O2S2/c1-3-7-13-8-5-4-6-9(17(2,14)15)10(8)12-11(13)16/h4-6H,3,7H2,1-2H3,(H,12,16). The normalized spacial score (nSPS) is 12.1. The van der Waals surface area contributed by atoms with Gasteiger partial charge in [-0.1, -0.05) is 13.0 Å². The third-order valence-electron chi connectivity index (χ3n) is 2.62. The van der Waals surface area contributed by atoms with Crippen molar-refractivity contribution >= 4 is 33.1 Å². The fourth-order valence-electron chi connectivity index (χ4n) is 1.91. The van der Waals surface area contributed by atoms with E-state index in [2.05, 4.69) is 11.9 Å². The fourth-order valence-corrected chi connectivity index (χ4v) is 3.05. The molecule has 0 amide bonds. The van der Waals surface area contributed by atoms with E-state index in [1.54, 1.807) is 12.1 Å². The summed E-state index contributed by atoms with van der Waals surface area (Å²) in [5.41, 5.74) is 1.45. The van der Waals surface area contributed by atoms with Crippen molar-refractivity contribution in [2.45, 2.75) is 24.8 Å². The molecule has 92 valence electrons. The largest absolute Gasteiger partial charge is 0.329 e. The van der Waals surface area contributed by atoms with Crippen LogP contribution in [0.4, 0.5) is 0 Å². The van der Waals surface area contributed by atoms with Crippen molar-refractivity contribution in [1.82, 2.24) is 9.55 Å². The predicted octanol–water partition coefficient (Wildman–Crippen LogP) is 2.51. The van der Waals surface area contributed by atoms with Crippen LogP contribution < -0.4 is 0 Å². The molecule has 1 aromatic carbocycles. The van der Waals surface area contributed by atoms with Gasteiger partial charge in [-0.25, -0.2) is 8.42 Å². The van der Waals surface area contributed by atoms with Crippen molar-refractivity contribution in [1.29, 1.82) is 0 Å². The van der Waals surface area contributed by atoms with Gasteiger partial charge >= 0.3 is 0 Å². The summed E-state index contributed by atoms with van der Waals surface area (Å²) in [6.45, 7) is 2.84. The first-order valence-electron chi connectivity index (χ1n) is 5.36. The van der Waals surface area contributed by atoms with Gasteiger partial charge in [-0.2, -0.15) is 0 Å². The summed E-state index contributed by atoms with van der Waals surface area (Å²) in [4.78, 5) is 3.29. The van der Waals surface area contributed by atoms with Gasteiger partial charge in [-0.3, -0.25) is 0 Å². The minimum Gasteiger partial charge on any atom is -0.329 e. The minimum atomic E-state index is -3.24.